The summed E-state index contributed by atoms with van der Waals surface area (Å²) in [6, 6.07) is 6.28. The lowest BCUT2D eigenvalue weighted by atomic mass is 9.82. The molecule has 0 radical (unpaired) electrons. The number of aryl methyl sites for hydroxylation is 1. The number of halogens is 1. The van der Waals surface area contributed by atoms with E-state index in [4.69, 9.17) is 4.98 Å². The molecule has 166 valence electrons. The van der Waals surface area contributed by atoms with Crippen LogP contribution in [0.1, 0.15) is 22.5 Å². The van der Waals surface area contributed by atoms with E-state index in [1.807, 2.05) is 32.0 Å². The van der Waals surface area contributed by atoms with Crippen molar-refractivity contribution in [1.29, 1.82) is 0 Å². The average molecular weight is 436 g/mol. The number of piperidine rings is 1. The minimum absolute atomic E-state index is 0.178. The molecule has 2 unspecified atom stereocenters. The smallest absolute Gasteiger partial charge is 0.256 e. The number of carbonyl (C=O) groups excluding carboxylic acids is 1. The molecule has 2 saturated heterocycles. The van der Waals surface area contributed by atoms with Crippen molar-refractivity contribution in [3.8, 4) is 5.69 Å². The van der Waals surface area contributed by atoms with Crippen LogP contribution in [0.15, 0.2) is 36.7 Å². The highest BCUT2D eigenvalue weighted by Gasteiger charge is 2.44. The van der Waals surface area contributed by atoms with E-state index in [1.165, 1.54) is 35.4 Å². The van der Waals surface area contributed by atoms with Crippen LogP contribution in [0.5, 0.6) is 0 Å². The molecular formula is C22H25FN8O. The van der Waals surface area contributed by atoms with Crippen LogP contribution in [0.3, 0.4) is 0 Å². The molecule has 2 aromatic heterocycles. The van der Waals surface area contributed by atoms with Gasteiger partial charge in [0.2, 0.25) is 5.95 Å². The minimum Gasteiger partial charge on any atom is -0.351 e. The van der Waals surface area contributed by atoms with Crippen LogP contribution in [0.4, 0.5) is 16.2 Å². The van der Waals surface area contributed by atoms with Gasteiger partial charge in [-0.15, -0.1) is 0 Å². The molecular weight excluding hydrogens is 411 g/mol. The Hall–Kier alpha value is -3.56. The number of anilines is 2. The van der Waals surface area contributed by atoms with E-state index in [9.17, 15) is 9.18 Å². The standard InChI is InChI=1S/C22H25FN8O/c1-14-10-20(27-22(26-14)28(2)3)30-12-15-6-9-29(13-19(15)30)21(32)17-11-16(23)4-5-18(17)31-24-7-8-25-31/h4-5,7-8,10-11,15,19H,6,9,12-13H2,1-3H3. The van der Waals surface area contributed by atoms with Crippen LogP contribution in [-0.4, -0.2) is 75.5 Å². The van der Waals surface area contributed by atoms with E-state index >= 15 is 0 Å². The minimum atomic E-state index is -0.461. The van der Waals surface area contributed by atoms with Gasteiger partial charge >= 0.3 is 0 Å². The second kappa shape index (κ2) is 7.85. The quantitative estimate of drug-likeness (QED) is 0.618. The monoisotopic (exact) mass is 436 g/mol. The summed E-state index contributed by atoms with van der Waals surface area (Å²) in [6.07, 6.45) is 3.96. The summed E-state index contributed by atoms with van der Waals surface area (Å²) in [4.78, 5) is 29.9. The van der Waals surface area contributed by atoms with Crippen LogP contribution in [0, 0.1) is 18.7 Å². The first-order valence-corrected chi connectivity index (χ1v) is 10.7. The fourth-order valence-electron chi connectivity index (χ4n) is 4.49. The lowest BCUT2D eigenvalue weighted by Gasteiger charge is -2.54. The van der Waals surface area contributed by atoms with E-state index in [-0.39, 0.29) is 17.5 Å². The van der Waals surface area contributed by atoms with E-state index < -0.39 is 5.82 Å². The number of rotatable bonds is 4. The van der Waals surface area contributed by atoms with Crippen LogP contribution in [-0.2, 0) is 0 Å². The SMILES string of the molecule is Cc1cc(N2CC3CCN(C(=O)c4cc(F)ccc4-n4nccn4)CC32)nc(N(C)C)n1. The molecule has 9 nitrogen and oxygen atoms in total. The van der Waals surface area contributed by atoms with Gasteiger partial charge in [0.15, 0.2) is 0 Å². The van der Waals surface area contributed by atoms with Gasteiger partial charge in [0, 0.05) is 51.4 Å². The zero-order valence-electron chi connectivity index (χ0n) is 18.3. The van der Waals surface area contributed by atoms with Crippen molar-refractivity contribution in [3.63, 3.8) is 0 Å². The van der Waals surface area contributed by atoms with Crippen molar-refractivity contribution in [2.75, 3.05) is 43.5 Å². The summed E-state index contributed by atoms with van der Waals surface area (Å²) < 4.78 is 14.0. The molecule has 2 aliphatic rings. The van der Waals surface area contributed by atoms with Gasteiger partial charge in [-0.05, 0) is 31.5 Å². The summed E-state index contributed by atoms with van der Waals surface area (Å²) in [5, 5.41) is 8.22. The topological polar surface area (TPSA) is 83.3 Å². The van der Waals surface area contributed by atoms with Gasteiger partial charge in [0.1, 0.15) is 11.6 Å². The summed E-state index contributed by atoms with van der Waals surface area (Å²) in [7, 11) is 3.84. The third-order valence-electron chi connectivity index (χ3n) is 6.19. The second-order valence-corrected chi connectivity index (χ2v) is 8.56. The predicted octanol–water partition coefficient (Wildman–Crippen LogP) is 1.92. The number of hydrogen-bond acceptors (Lipinski definition) is 7. The highest BCUT2D eigenvalue weighted by atomic mass is 19.1. The Bertz CT molecular complexity index is 1150. The molecule has 5 rings (SSSR count). The van der Waals surface area contributed by atoms with Gasteiger partial charge in [0.05, 0.1) is 29.7 Å². The summed E-state index contributed by atoms with van der Waals surface area (Å²) in [5.74, 6) is 1.39. The lowest BCUT2D eigenvalue weighted by molar-refractivity contribution is 0.0590. The highest BCUT2D eigenvalue weighted by Crippen LogP contribution is 2.37. The largest absolute Gasteiger partial charge is 0.351 e. The zero-order chi connectivity index (χ0) is 22.4. The fraction of sp³-hybridized carbons (Fsp3) is 0.409. The Labute approximate surface area is 185 Å². The Morgan fingerprint density at radius 1 is 1.12 bits per heavy atom. The van der Waals surface area contributed by atoms with E-state index in [0.717, 1.165) is 24.5 Å². The third-order valence-corrected chi connectivity index (χ3v) is 6.19. The molecule has 32 heavy (non-hydrogen) atoms. The van der Waals surface area contributed by atoms with Crippen molar-refractivity contribution in [2.45, 2.75) is 19.4 Å². The Balaban J connectivity index is 1.39. The van der Waals surface area contributed by atoms with Crippen molar-refractivity contribution in [1.82, 2.24) is 29.9 Å². The molecule has 1 amide bonds. The maximum Gasteiger partial charge on any atom is 0.256 e. The Morgan fingerprint density at radius 3 is 2.66 bits per heavy atom. The summed E-state index contributed by atoms with van der Waals surface area (Å²) in [6.45, 7) is 4.08. The number of hydrogen-bond donors (Lipinski definition) is 0. The maximum atomic E-state index is 14.0. The predicted molar refractivity (Wildman–Crippen MR) is 118 cm³/mol. The number of carbonyl (C=O) groups is 1. The van der Waals surface area contributed by atoms with Gasteiger partial charge in [-0.3, -0.25) is 4.79 Å². The van der Waals surface area contributed by atoms with Crippen molar-refractivity contribution < 1.29 is 9.18 Å². The Kier molecular flexibility index (Phi) is 4.99. The molecule has 2 atom stereocenters. The number of amides is 1. The average Bonchev–Trinajstić information content (AvgIpc) is 3.28. The molecule has 4 heterocycles. The molecule has 3 aromatic rings. The molecule has 2 fully saturated rings. The molecule has 0 N–H and O–H groups in total. The van der Waals surface area contributed by atoms with E-state index in [1.54, 1.807) is 4.90 Å². The lowest BCUT2D eigenvalue weighted by Crippen LogP contribution is -2.65. The first-order chi connectivity index (χ1) is 15.4. The van der Waals surface area contributed by atoms with Crippen LogP contribution in [0.25, 0.3) is 5.69 Å². The van der Waals surface area contributed by atoms with Crippen molar-refractivity contribution in [3.05, 3.63) is 53.7 Å². The Morgan fingerprint density at radius 2 is 1.91 bits per heavy atom. The van der Waals surface area contributed by atoms with Crippen LogP contribution < -0.4 is 9.80 Å². The van der Waals surface area contributed by atoms with E-state index in [2.05, 4.69) is 20.1 Å². The molecule has 2 aliphatic heterocycles. The van der Waals surface area contributed by atoms with Gasteiger partial charge < -0.3 is 14.7 Å². The summed E-state index contributed by atoms with van der Waals surface area (Å²) >= 11 is 0. The molecule has 10 heteroatoms. The molecule has 0 aliphatic carbocycles. The van der Waals surface area contributed by atoms with Crippen molar-refractivity contribution >= 4 is 17.7 Å². The molecule has 0 spiro atoms. The second-order valence-electron chi connectivity index (χ2n) is 8.56. The maximum absolute atomic E-state index is 14.0. The van der Waals surface area contributed by atoms with Gasteiger partial charge in [-0.2, -0.15) is 20.0 Å². The number of nitrogens with zero attached hydrogens (tertiary/aromatic N) is 8. The number of aromatic nitrogens is 5. The van der Waals surface area contributed by atoms with Gasteiger partial charge in [-0.1, -0.05) is 0 Å². The van der Waals surface area contributed by atoms with Gasteiger partial charge in [-0.25, -0.2) is 9.37 Å². The fourth-order valence-corrected chi connectivity index (χ4v) is 4.49. The normalized spacial score (nSPS) is 20.0. The van der Waals surface area contributed by atoms with Crippen LogP contribution >= 0.6 is 0 Å². The molecule has 1 aromatic carbocycles. The number of fused-ring (bicyclic) bond motifs is 1. The van der Waals surface area contributed by atoms with E-state index in [0.29, 0.717) is 30.6 Å². The molecule has 0 bridgehead atoms. The summed E-state index contributed by atoms with van der Waals surface area (Å²) in [5.41, 5.74) is 1.64. The number of likely N-dealkylation sites (tertiary alicyclic amines) is 1. The third kappa shape index (κ3) is 3.55. The molecule has 0 saturated carbocycles. The first kappa shape index (κ1) is 20.3. The first-order valence-electron chi connectivity index (χ1n) is 10.7. The van der Waals surface area contributed by atoms with Crippen LogP contribution in [0.2, 0.25) is 0 Å². The highest BCUT2D eigenvalue weighted by molar-refractivity contribution is 5.98. The zero-order valence-corrected chi connectivity index (χ0v) is 18.3. The van der Waals surface area contributed by atoms with Crippen molar-refractivity contribution in [2.24, 2.45) is 5.92 Å². The number of benzene rings is 1. The van der Waals surface area contributed by atoms with Gasteiger partial charge in [0.25, 0.3) is 5.91 Å².